The fourth-order valence-corrected chi connectivity index (χ4v) is 3.39. The first-order valence-electron chi connectivity index (χ1n) is 9.27. The van der Waals surface area contributed by atoms with Crippen LogP contribution in [0.1, 0.15) is 21.5 Å². The maximum atomic E-state index is 12.3. The fourth-order valence-electron chi connectivity index (χ4n) is 2.94. The van der Waals surface area contributed by atoms with Gasteiger partial charge in [-0.3, -0.25) is 9.69 Å². The minimum atomic E-state index is -0.0608. The number of nitrogens with zero attached hydrogens (tertiary/aromatic N) is 2. The minimum absolute atomic E-state index is 0.0608. The first kappa shape index (κ1) is 20.7. The summed E-state index contributed by atoms with van der Waals surface area (Å²) in [5.74, 6) is 6.03. The summed E-state index contributed by atoms with van der Waals surface area (Å²) in [5, 5.41) is 4.09. The molecule has 0 aromatic heterocycles. The van der Waals surface area contributed by atoms with Gasteiger partial charge in [0.1, 0.15) is 0 Å². The highest BCUT2D eigenvalue weighted by molar-refractivity contribution is 6.35. The van der Waals surface area contributed by atoms with Crippen LogP contribution in [0.25, 0.3) is 0 Å². The Kier molecular flexibility index (Phi) is 7.36. The second kappa shape index (κ2) is 9.95. The number of benzene rings is 2. The Morgan fingerprint density at radius 2 is 1.75 bits per heavy atom. The van der Waals surface area contributed by atoms with Crippen molar-refractivity contribution >= 4 is 29.1 Å². The third kappa shape index (κ3) is 5.98. The van der Waals surface area contributed by atoms with Gasteiger partial charge < -0.3 is 10.2 Å². The molecule has 1 aliphatic heterocycles. The predicted octanol–water partition coefficient (Wildman–Crippen LogP) is 3.37. The zero-order chi connectivity index (χ0) is 19.9. The molecular formula is C22H23Cl2N3O. The number of carbonyl (C=O) groups excluding carboxylic acids is 1. The molecule has 0 unspecified atom stereocenters. The number of piperazine rings is 1. The van der Waals surface area contributed by atoms with Crippen LogP contribution in [-0.2, 0) is 0 Å². The molecule has 0 spiro atoms. The highest BCUT2D eigenvalue weighted by Crippen LogP contribution is 2.20. The van der Waals surface area contributed by atoms with Gasteiger partial charge in [0.25, 0.3) is 5.91 Å². The van der Waals surface area contributed by atoms with Crippen molar-refractivity contribution in [2.24, 2.45) is 0 Å². The molecule has 1 heterocycles. The molecule has 2 aromatic carbocycles. The molecule has 0 atom stereocenters. The van der Waals surface area contributed by atoms with Crippen LogP contribution in [-0.4, -0.2) is 62.0 Å². The molecule has 1 amide bonds. The van der Waals surface area contributed by atoms with Gasteiger partial charge in [0.2, 0.25) is 0 Å². The maximum Gasteiger partial charge on any atom is 0.251 e. The molecule has 0 aliphatic carbocycles. The lowest BCUT2D eigenvalue weighted by atomic mass is 10.1. The van der Waals surface area contributed by atoms with Crippen molar-refractivity contribution in [1.29, 1.82) is 0 Å². The Balaban J connectivity index is 1.51. The monoisotopic (exact) mass is 415 g/mol. The van der Waals surface area contributed by atoms with Gasteiger partial charge in [-0.1, -0.05) is 35.0 Å². The molecule has 6 heteroatoms. The van der Waals surface area contributed by atoms with Gasteiger partial charge in [0, 0.05) is 61.0 Å². The Morgan fingerprint density at radius 1 is 1.04 bits per heavy atom. The first-order chi connectivity index (χ1) is 13.5. The minimum Gasteiger partial charge on any atom is -0.351 e. The van der Waals surface area contributed by atoms with E-state index in [1.165, 1.54) is 0 Å². The second-order valence-electron chi connectivity index (χ2n) is 6.85. The highest BCUT2D eigenvalue weighted by atomic mass is 35.5. The van der Waals surface area contributed by atoms with E-state index in [0.29, 0.717) is 22.2 Å². The van der Waals surface area contributed by atoms with E-state index in [9.17, 15) is 4.79 Å². The van der Waals surface area contributed by atoms with Crippen LogP contribution in [0.15, 0.2) is 42.5 Å². The summed E-state index contributed by atoms with van der Waals surface area (Å²) in [7, 11) is 2.14. The Hall–Kier alpha value is -2.03. The lowest BCUT2D eigenvalue weighted by Crippen LogP contribution is -2.46. The van der Waals surface area contributed by atoms with E-state index in [0.717, 1.165) is 43.9 Å². The molecule has 0 bridgehead atoms. The van der Waals surface area contributed by atoms with Gasteiger partial charge in [0.05, 0.1) is 5.02 Å². The molecule has 1 fully saturated rings. The van der Waals surface area contributed by atoms with Crippen molar-refractivity contribution in [2.75, 3.05) is 46.3 Å². The Bertz CT molecular complexity index is 879. The van der Waals surface area contributed by atoms with E-state index < -0.39 is 0 Å². The summed E-state index contributed by atoms with van der Waals surface area (Å²) in [4.78, 5) is 17.0. The highest BCUT2D eigenvalue weighted by Gasteiger charge is 2.13. The van der Waals surface area contributed by atoms with E-state index in [2.05, 4.69) is 34.0 Å². The number of halogens is 2. The van der Waals surface area contributed by atoms with Crippen LogP contribution in [0.5, 0.6) is 0 Å². The lowest BCUT2D eigenvalue weighted by Gasteiger charge is -2.32. The molecular weight excluding hydrogens is 393 g/mol. The maximum absolute atomic E-state index is 12.3. The van der Waals surface area contributed by atoms with Crippen molar-refractivity contribution in [3.63, 3.8) is 0 Å². The predicted molar refractivity (Wildman–Crippen MR) is 115 cm³/mol. The fraction of sp³-hybridized carbons (Fsp3) is 0.318. The molecule has 2 aromatic rings. The molecule has 1 saturated heterocycles. The number of hydrogen-bond donors (Lipinski definition) is 1. The van der Waals surface area contributed by atoms with Crippen molar-refractivity contribution in [3.8, 4) is 11.8 Å². The van der Waals surface area contributed by atoms with Crippen LogP contribution in [0.3, 0.4) is 0 Å². The standard InChI is InChI=1S/C22H23Cl2N3O/c1-26-12-14-27(15-13-26)11-10-25-22(28)19-6-3-17(4-7-19)2-5-18-8-9-20(23)16-21(18)24/h3-4,6-9,16H,10-15H2,1H3,(H,25,28). The van der Waals surface area contributed by atoms with Crippen LogP contribution in [0.4, 0.5) is 0 Å². The van der Waals surface area contributed by atoms with E-state index in [4.69, 9.17) is 23.2 Å². The van der Waals surface area contributed by atoms with E-state index in [-0.39, 0.29) is 5.91 Å². The zero-order valence-corrected chi connectivity index (χ0v) is 17.4. The summed E-state index contributed by atoms with van der Waals surface area (Å²) in [6.45, 7) is 5.80. The summed E-state index contributed by atoms with van der Waals surface area (Å²) in [5.41, 5.74) is 2.17. The quantitative estimate of drug-likeness (QED) is 0.777. The number of rotatable bonds is 4. The van der Waals surface area contributed by atoms with Crippen molar-refractivity contribution in [1.82, 2.24) is 15.1 Å². The number of carbonyl (C=O) groups is 1. The van der Waals surface area contributed by atoms with E-state index in [1.54, 1.807) is 30.3 Å². The average molecular weight is 416 g/mol. The number of amides is 1. The number of nitrogens with one attached hydrogen (secondary N) is 1. The SMILES string of the molecule is CN1CCN(CCNC(=O)c2ccc(C#Cc3ccc(Cl)cc3Cl)cc2)CC1. The largest absolute Gasteiger partial charge is 0.351 e. The van der Waals surface area contributed by atoms with Gasteiger partial charge in [-0.25, -0.2) is 0 Å². The van der Waals surface area contributed by atoms with Crippen LogP contribution in [0, 0.1) is 11.8 Å². The van der Waals surface area contributed by atoms with Crippen molar-refractivity contribution < 1.29 is 4.79 Å². The Labute approximate surface area is 176 Å². The third-order valence-corrected chi connectivity index (χ3v) is 5.28. The zero-order valence-electron chi connectivity index (χ0n) is 15.8. The summed E-state index contributed by atoms with van der Waals surface area (Å²) >= 11 is 12.0. The average Bonchev–Trinajstić information content (AvgIpc) is 2.69. The third-order valence-electron chi connectivity index (χ3n) is 4.73. The van der Waals surface area contributed by atoms with Gasteiger partial charge in [-0.15, -0.1) is 0 Å². The van der Waals surface area contributed by atoms with Gasteiger partial charge in [-0.2, -0.15) is 0 Å². The summed E-state index contributed by atoms with van der Waals surface area (Å²) in [6, 6.07) is 12.5. The molecule has 3 rings (SSSR count). The summed E-state index contributed by atoms with van der Waals surface area (Å²) in [6.07, 6.45) is 0. The van der Waals surface area contributed by atoms with E-state index in [1.807, 2.05) is 12.1 Å². The normalized spacial score (nSPS) is 15.0. The molecule has 4 nitrogen and oxygen atoms in total. The Morgan fingerprint density at radius 3 is 2.43 bits per heavy atom. The van der Waals surface area contributed by atoms with Crippen molar-refractivity contribution in [3.05, 3.63) is 69.2 Å². The topological polar surface area (TPSA) is 35.6 Å². The summed E-state index contributed by atoms with van der Waals surface area (Å²) < 4.78 is 0. The molecule has 0 saturated carbocycles. The van der Waals surface area contributed by atoms with Crippen LogP contribution >= 0.6 is 23.2 Å². The number of likely N-dealkylation sites (N-methyl/N-ethyl adjacent to an activating group) is 1. The molecule has 0 radical (unpaired) electrons. The lowest BCUT2D eigenvalue weighted by molar-refractivity contribution is 0.0941. The van der Waals surface area contributed by atoms with Crippen LogP contribution < -0.4 is 5.32 Å². The van der Waals surface area contributed by atoms with Gasteiger partial charge >= 0.3 is 0 Å². The number of hydrogen-bond acceptors (Lipinski definition) is 3. The first-order valence-corrected chi connectivity index (χ1v) is 10.0. The second-order valence-corrected chi connectivity index (χ2v) is 7.70. The smallest absolute Gasteiger partial charge is 0.251 e. The van der Waals surface area contributed by atoms with Gasteiger partial charge in [0.15, 0.2) is 0 Å². The van der Waals surface area contributed by atoms with Crippen molar-refractivity contribution in [2.45, 2.75) is 0 Å². The molecule has 28 heavy (non-hydrogen) atoms. The molecule has 1 aliphatic rings. The molecule has 1 N–H and O–H groups in total. The van der Waals surface area contributed by atoms with Gasteiger partial charge in [-0.05, 0) is 49.5 Å². The molecule has 146 valence electrons. The van der Waals surface area contributed by atoms with E-state index >= 15 is 0 Å². The van der Waals surface area contributed by atoms with Crippen LogP contribution in [0.2, 0.25) is 10.0 Å².